The summed E-state index contributed by atoms with van der Waals surface area (Å²) in [4.78, 5) is 16.1. The van der Waals surface area contributed by atoms with E-state index in [9.17, 15) is 4.79 Å². The molecule has 0 unspecified atom stereocenters. The molecular weight excluding hydrogens is 350 g/mol. The number of aryl methyl sites for hydroxylation is 2. The van der Waals surface area contributed by atoms with Crippen LogP contribution in [0, 0.1) is 0 Å². The van der Waals surface area contributed by atoms with Crippen LogP contribution in [0.25, 0.3) is 0 Å². The summed E-state index contributed by atoms with van der Waals surface area (Å²) in [5.41, 5.74) is 7.17. The Labute approximate surface area is 154 Å². The lowest BCUT2D eigenvalue weighted by Crippen LogP contribution is -2.14. The number of hydrogen-bond donors (Lipinski definition) is 2. The molecule has 3 heterocycles. The molecule has 1 amide bonds. The van der Waals surface area contributed by atoms with E-state index < -0.39 is 0 Å². The summed E-state index contributed by atoms with van der Waals surface area (Å²) < 4.78 is 0. The van der Waals surface area contributed by atoms with Crippen molar-refractivity contribution in [1.82, 2.24) is 25.4 Å². The summed E-state index contributed by atoms with van der Waals surface area (Å²) in [5.74, 6) is 0.286. The van der Waals surface area contributed by atoms with E-state index in [1.54, 1.807) is 12.3 Å². The lowest BCUT2D eigenvalue weighted by atomic mass is 10.1. The average molecular weight is 369 g/mol. The Morgan fingerprint density at radius 2 is 1.88 bits per heavy atom. The fourth-order valence-electron chi connectivity index (χ4n) is 2.32. The maximum absolute atomic E-state index is 12.0. The summed E-state index contributed by atoms with van der Waals surface area (Å²) in [6, 6.07) is 9.14. The van der Waals surface area contributed by atoms with Gasteiger partial charge in [-0.05, 0) is 43.5 Å². The Morgan fingerprint density at radius 1 is 1.00 bits per heavy atom. The minimum absolute atomic E-state index is 0.145. The van der Waals surface area contributed by atoms with Crippen LogP contribution in [-0.2, 0) is 24.1 Å². The maximum Gasteiger partial charge on any atom is 0.232 e. The van der Waals surface area contributed by atoms with Gasteiger partial charge in [-0.2, -0.15) is 5.10 Å². The minimum atomic E-state index is -0.145. The first-order chi connectivity index (χ1) is 12.7. The van der Waals surface area contributed by atoms with Crippen molar-refractivity contribution in [2.75, 3.05) is 11.1 Å². The van der Waals surface area contributed by atoms with E-state index in [0.717, 1.165) is 42.1 Å². The van der Waals surface area contributed by atoms with Gasteiger partial charge < -0.3 is 11.1 Å². The van der Waals surface area contributed by atoms with Crippen LogP contribution >= 0.6 is 11.3 Å². The van der Waals surface area contributed by atoms with Crippen LogP contribution in [0.3, 0.4) is 0 Å². The monoisotopic (exact) mass is 369 g/mol. The third kappa shape index (κ3) is 5.55. The first kappa shape index (κ1) is 17.9. The van der Waals surface area contributed by atoms with E-state index in [0.29, 0.717) is 10.9 Å². The number of aromatic nitrogens is 5. The number of nitrogens with zero attached hydrogens (tertiary/aromatic N) is 5. The third-order valence-electron chi connectivity index (χ3n) is 3.59. The van der Waals surface area contributed by atoms with Crippen molar-refractivity contribution in [3.05, 3.63) is 52.9 Å². The number of nitrogens with two attached hydrogens (primary N) is 1. The van der Waals surface area contributed by atoms with Crippen molar-refractivity contribution < 1.29 is 4.79 Å². The van der Waals surface area contributed by atoms with Crippen molar-refractivity contribution in [3.8, 4) is 0 Å². The molecule has 0 aromatic carbocycles. The number of nitrogens with one attached hydrogen (secondary N) is 1. The van der Waals surface area contributed by atoms with Crippen LogP contribution in [0.5, 0.6) is 0 Å². The molecule has 3 aromatic heterocycles. The Balaban J connectivity index is 1.40. The van der Waals surface area contributed by atoms with E-state index in [-0.39, 0.29) is 12.3 Å². The molecule has 0 atom stereocenters. The molecule has 0 aliphatic carbocycles. The first-order valence-electron chi connectivity index (χ1n) is 8.29. The molecule has 0 bridgehead atoms. The molecular formula is C17H19N7OS. The first-order valence-corrected chi connectivity index (χ1v) is 9.11. The Hall–Kier alpha value is -2.94. The van der Waals surface area contributed by atoms with Crippen molar-refractivity contribution in [2.45, 2.75) is 32.1 Å². The minimum Gasteiger partial charge on any atom is -0.382 e. The number of carbonyl (C=O) groups is 1. The zero-order valence-corrected chi connectivity index (χ0v) is 14.9. The van der Waals surface area contributed by atoms with Gasteiger partial charge in [-0.25, -0.2) is 0 Å². The highest BCUT2D eigenvalue weighted by molar-refractivity contribution is 7.15. The zero-order chi connectivity index (χ0) is 18.2. The van der Waals surface area contributed by atoms with E-state index in [1.807, 2.05) is 24.3 Å². The quantitative estimate of drug-likeness (QED) is 0.583. The molecule has 9 heteroatoms. The summed E-state index contributed by atoms with van der Waals surface area (Å²) in [6.07, 6.45) is 5.48. The molecule has 0 radical (unpaired) electrons. The number of amides is 1. The fourth-order valence-corrected chi connectivity index (χ4v) is 3.12. The number of nitrogen functional groups attached to an aromatic ring is 1. The Morgan fingerprint density at radius 3 is 2.65 bits per heavy atom. The van der Waals surface area contributed by atoms with Gasteiger partial charge in [0.15, 0.2) is 0 Å². The smallest absolute Gasteiger partial charge is 0.232 e. The molecule has 3 rings (SSSR count). The van der Waals surface area contributed by atoms with Gasteiger partial charge >= 0.3 is 0 Å². The number of pyridine rings is 1. The molecule has 0 saturated heterocycles. The molecule has 134 valence electrons. The topological polar surface area (TPSA) is 120 Å². The van der Waals surface area contributed by atoms with Gasteiger partial charge in [-0.15, -0.1) is 15.3 Å². The summed E-state index contributed by atoms with van der Waals surface area (Å²) >= 11 is 1.40. The van der Waals surface area contributed by atoms with E-state index in [2.05, 4.69) is 30.7 Å². The van der Waals surface area contributed by atoms with E-state index in [4.69, 9.17) is 5.73 Å². The second kappa shape index (κ2) is 8.95. The van der Waals surface area contributed by atoms with Crippen LogP contribution in [-0.4, -0.2) is 31.3 Å². The number of carbonyl (C=O) groups excluding carboxylic acids is 1. The third-order valence-corrected chi connectivity index (χ3v) is 4.49. The predicted molar refractivity (Wildman–Crippen MR) is 99.6 cm³/mol. The number of anilines is 2. The molecule has 0 aliphatic heterocycles. The van der Waals surface area contributed by atoms with Gasteiger partial charge in [-0.1, -0.05) is 17.4 Å². The second-order valence-corrected chi connectivity index (χ2v) is 6.77. The predicted octanol–water partition coefficient (Wildman–Crippen LogP) is 2.05. The number of unbranched alkanes of at least 4 members (excludes halogenated alkanes) is 1. The molecule has 3 N–H and O–H groups in total. The highest BCUT2D eigenvalue weighted by atomic mass is 32.1. The van der Waals surface area contributed by atoms with Crippen molar-refractivity contribution >= 4 is 28.2 Å². The van der Waals surface area contributed by atoms with Gasteiger partial charge in [0.1, 0.15) is 10.8 Å². The summed E-state index contributed by atoms with van der Waals surface area (Å²) in [6.45, 7) is 0. The van der Waals surface area contributed by atoms with Crippen LogP contribution in [0.4, 0.5) is 10.9 Å². The molecule has 0 saturated carbocycles. The van der Waals surface area contributed by atoms with Crippen LogP contribution < -0.4 is 11.1 Å². The van der Waals surface area contributed by atoms with Crippen molar-refractivity contribution in [3.63, 3.8) is 0 Å². The standard InChI is InChI=1S/C17H19N7OS/c18-14-9-8-12(21-22-14)5-1-2-7-16-23-24-17(26-16)20-15(25)11-13-6-3-4-10-19-13/h3-4,6,8-10H,1-2,5,7,11H2,(H2,18,22)(H,20,24,25). The largest absolute Gasteiger partial charge is 0.382 e. The molecule has 26 heavy (non-hydrogen) atoms. The Kier molecular flexibility index (Phi) is 6.15. The molecule has 3 aromatic rings. The molecule has 0 fully saturated rings. The van der Waals surface area contributed by atoms with E-state index in [1.165, 1.54) is 11.3 Å². The number of rotatable bonds is 8. The summed E-state index contributed by atoms with van der Waals surface area (Å²) in [5, 5.41) is 20.2. The zero-order valence-electron chi connectivity index (χ0n) is 14.1. The van der Waals surface area contributed by atoms with Crippen LogP contribution in [0.2, 0.25) is 0 Å². The number of hydrogen-bond acceptors (Lipinski definition) is 8. The average Bonchev–Trinajstić information content (AvgIpc) is 3.08. The Bertz CT molecular complexity index is 836. The molecule has 0 aliphatic rings. The molecule has 0 spiro atoms. The summed E-state index contributed by atoms with van der Waals surface area (Å²) in [7, 11) is 0. The SMILES string of the molecule is Nc1ccc(CCCCc2nnc(NC(=O)Cc3ccccn3)s2)nn1. The lowest BCUT2D eigenvalue weighted by molar-refractivity contribution is -0.115. The van der Waals surface area contributed by atoms with E-state index >= 15 is 0 Å². The van der Waals surface area contributed by atoms with Crippen molar-refractivity contribution in [2.24, 2.45) is 0 Å². The van der Waals surface area contributed by atoms with Gasteiger partial charge in [0, 0.05) is 18.3 Å². The lowest BCUT2D eigenvalue weighted by Gasteiger charge is -2.00. The van der Waals surface area contributed by atoms with Crippen LogP contribution in [0.1, 0.15) is 29.2 Å². The van der Waals surface area contributed by atoms with Gasteiger partial charge in [-0.3, -0.25) is 9.78 Å². The van der Waals surface area contributed by atoms with Crippen molar-refractivity contribution in [1.29, 1.82) is 0 Å². The molecule has 8 nitrogen and oxygen atoms in total. The van der Waals surface area contributed by atoms with Gasteiger partial charge in [0.25, 0.3) is 0 Å². The highest BCUT2D eigenvalue weighted by Gasteiger charge is 2.09. The second-order valence-electron chi connectivity index (χ2n) is 5.70. The van der Waals surface area contributed by atoms with Crippen LogP contribution in [0.15, 0.2) is 36.5 Å². The maximum atomic E-state index is 12.0. The normalized spacial score (nSPS) is 10.6. The highest BCUT2D eigenvalue weighted by Crippen LogP contribution is 2.18. The fraction of sp³-hybridized carbons (Fsp3) is 0.294. The van der Waals surface area contributed by atoms with Gasteiger partial charge in [0.2, 0.25) is 11.0 Å². The van der Waals surface area contributed by atoms with Gasteiger partial charge in [0.05, 0.1) is 12.1 Å².